The maximum atomic E-state index is 13.9. The zero-order chi connectivity index (χ0) is 45.4. The molecule has 7 rings (SSSR count). The molecule has 0 radical (unpaired) electrons. The van der Waals surface area contributed by atoms with E-state index in [9.17, 15) is 49.6 Å². The molecule has 2 heterocycles. The summed E-state index contributed by atoms with van der Waals surface area (Å²) < 4.78 is 91.0. The fraction of sp³-hybridized carbons (Fsp3) is 0.186. The molecule has 5 aromatic carbocycles. The van der Waals surface area contributed by atoms with E-state index < -0.39 is 75.6 Å². The van der Waals surface area contributed by atoms with Crippen LogP contribution >= 0.6 is 23.5 Å². The van der Waals surface area contributed by atoms with Crippen molar-refractivity contribution in [2.24, 2.45) is 0 Å². The van der Waals surface area contributed by atoms with E-state index in [-0.39, 0.29) is 41.1 Å². The smallest absolute Gasteiger partial charge is 0.339 e. The summed E-state index contributed by atoms with van der Waals surface area (Å²) in [5.41, 5.74) is 2.16. The normalized spacial score (nSPS) is 16.6. The highest BCUT2D eigenvalue weighted by molar-refractivity contribution is 8.01. The average Bonchev–Trinajstić information content (AvgIpc) is 3.82. The third kappa shape index (κ3) is 9.34. The number of nitrogens with one attached hydrogen (secondary N) is 2. The Morgan fingerprint density at radius 1 is 0.651 bits per heavy atom. The number of hydrogen-bond acceptors (Lipinski definition) is 12. The fourth-order valence-corrected chi connectivity index (χ4v) is 11.6. The summed E-state index contributed by atoms with van der Waals surface area (Å²) in [5, 5.41) is -0.978. The Bertz CT molecular complexity index is 2920. The summed E-state index contributed by atoms with van der Waals surface area (Å²) in [7, 11) is -9.89. The van der Waals surface area contributed by atoms with Crippen molar-refractivity contribution in [3.05, 3.63) is 154 Å². The van der Waals surface area contributed by atoms with Gasteiger partial charge in [-0.2, -0.15) is 0 Å². The van der Waals surface area contributed by atoms with Gasteiger partial charge in [0.05, 0.1) is 28.6 Å². The zero-order valence-electron chi connectivity index (χ0n) is 33.5. The first-order valence-corrected chi connectivity index (χ1v) is 24.0. The molecule has 0 spiro atoms. The van der Waals surface area contributed by atoms with Crippen molar-refractivity contribution in [3.8, 4) is 0 Å². The highest BCUT2D eigenvalue weighted by Crippen LogP contribution is 2.44. The summed E-state index contributed by atoms with van der Waals surface area (Å²) >= 11 is 2.66. The van der Waals surface area contributed by atoms with Crippen LogP contribution in [-0.4, -0.2) is 64.5 Å². The van der Waals surface area contributed by atoms with E-state index in [1.165, 1.54) is 101 Å². The highest BCUT2D eigenvalue weighted by atomic mass is 32.2. The number of anilines is 2. The van der Waals surface area contributed by atoms with Gasteiger partial charge in [0.15, 0.2) is 0 Å². The van der Waals surface area contributed by atoms with Crippen LogP contribution in [0.15, 0.2) is 113 Å². The van der Waals surface area contributed by atoms with Crippen molar-refractivity contribution < 1.29 is 54.3 Å². The second-order valence-corrected chi connectivity index (χ2v) is 19.7. The summed E-state index contributed by atoms with van der Waals surface area (Å²) in [6, 6.07) is 22.0. The van der Waals surface area contributed by atoms with Crippen molar-refractivity contribution in [1.29, 1.82) is 0 Å². The number of carbonyl (C=O) groups is 5. The van der Waals surface area contributed by atoms with Gasteiger partial charge >= 0.3 is 5.97 Å². The Kier molecular flexibility index (Phi) is 12.8. The quantitative estimate of drug-likeness (QED) is 0.128. The lowest BCUT2D eigenvalue weighted by molar-refractivity contribution is -0.116. The first-order chi connectivity index (χ1) is 29.9. The predicted octanol–water partition coefficient (Wildman–Crippen LogP) is 6.55. The Balaban J connectivity index is 1.12. The van der Waals surface area contributed by atoms with E-state index in [0.717, 1.165) is 12.1 Å². The zero-order valence-corrected chi connectivity index (χ0v) is 36.7. The van der Waals surface area contributed by atoms with Crippen LogP contribution in [0, 0.1) is 25.5 Å². The monoisotopic (exact) mass is 934 g/mol. The molecule has 0 aliphatic carbocycles. The van der Waals surface area contributed by atoms with Crippen LogP contribution in [-0.2, 0) is 34.4 Å². The molecule has 20 heteroatoms. The van der Waals surface area contributed by atoms with Gasteiger partial charge in [0, 0.05) is 22.5 Å². The molecule has 0 aromatic heterocycles. The molecule has 2 unspecified atom stereocenters. The number of rotatable bonds is 12. The Hall–Kier alpha value is -6.09. The number of amides is 4. The Morgan fingerprint density at radius 3 is 1.52 bits per heavy atom. The van der Waals surface area contributed by atoms with Crippen LogP contribution in [0.2, 0.25) is 0 Å². The summed E-state index contributed by atoms with van der Waals surface area (Å²) in [5.74, 6) is -4.48. The molecule has 326 valence electrons. The SMILES string of the molecule is CCOC(=O)c1ccc(S(=O)(=O)NC(=O)c2ccc(N3C(=O)CSC3c3ccc(F)cc3)c(C)c2)cc1S(=O)(=O)NC(=O)c1ccc(N2C(=O)CSC2c2ccc(F)cc2)c(C)c1. The molecular formula is C43H36F2N4O10S4. The van der Waals surface area contributed by atoms with E-state index in [4.69, 9.17) is 4.74 Å². The summed E-state index contributed by atoms with van der Waals surface area (Å²) in [4.78, 5) is 67.1. The van der Waals surface area contributed by atoms with Gasteiger partial charge in [-0.25, -0.2) is 39.9 Å². The molecule has 4 amide bonds. The number of aryl methyl sites for hydroxylation is 2. The number of benzene rings is 5. The molecule has 0 saturated carbocycles. The van der Waals surface area contributed by atoms with Gasteiger partial charge in [0.2, 0.25) is 11.8 Å². The van der Waals surface area contributed by atoms with Crippen molar-refractivity contribution >= 4 is 84.5 Å². The van der Waals surface area contributed by atoms with Gasteiger partial charge in [0.25, 0.3) is 31.9 Å². The average molecular weight is 935 g/mol. The van der Waals surface area contributed by atoms with E-state index in [2.05, 4.69) is 0 Å². The first kappa shape index (κ1) is 44.9. The molecule has 2 aliphatic rings. The van der Waals surface area contributed by atoms with E-state index in [0.29, 0.717) is 39.7 Å². The Labute approximate surface area is 369 Å². The Morgan fingerprint density at radius 2 is 1.10 bits per heavy atom. The topological polar surface area (TPSA) is 193 Å². The van der Waals surface area contributed by atoms with Crippen molar-refractivity contribution in [3.63, 3.8) is 0 Å². The van der Waals surface area contributed by atoms with Crippen molar-refractivity contribution in [1.82, 2.24) is 9.44 Å². The number of hydrogen-bond donors (Lipinski definition) is 2. The van der Waals surface area contributed by atoms with Crippen LogP contribution in [0.1, 0.15) is 71.0 Å². The number of halogens is 2. The molecule has 2 N–H and O–H groups in total. The van der Waals surface area contributed by atoms with Gasteiger partial charge in [-0.05, 0) is 122 Å². The van der Waals surface area contributed by atoms with Gasteiger partial charge < -0.3 is 4.74 Å². The molecule has 5 aromatic rings. The lowest BCUT2D eigenvalue weighted by Crippen LogP contribution is -2.33. The fourth-order valence-electron chi connectivity index (χ4n) is 7.00. The van der Waals surface area contributed by atoms with Crippen LogP contribution in [0.5, 0.6) is 0 Å². The highest BCUT2D eigenvalue weighted by Gasteiger charge is 2.37. The number of ether oxygens (including phenoxy) is 1. The standard InChI is InChI=1S/C43H36F2N4O10S4/c1-4-59-43(54)33-16-15-32(62(55,56)46-39(52)28-9-17-34(24(2)19-28)48-37(50)22-60-41(48)26-5-11-30(44)12-6-26)21-36(33)63(57,58)47-40(53)29-10-18-35(25(3)20-29)49-38(51)23-61-42(49)27-7-13-31(45)14-8-27/h5-21,41-42H,4,22-23H2,1-3H3,(H,46,52)(H,47,53). The first-order valence-electron chi connectivity index (χ1n) is 18.9. The molecular weight excluding hydrogens is 899 g/mol. The van der Waals surface area contributed by atoms with Gasteiger partial charge in [-0.1, -0.05) is 24.3 Å². The summed E-state index contributed by atoms with van der Waals surface area (Å²) in [6.07, 6.45) is 0. The van der Waals surface area contributed by atoms with E-state index in [1.54, 1.807) is 38.1 Å². The minimum Gasteiger partial charge on any atom is -0.462 e. The minimum atomic E-state index is -5.04. The van der Waals surface area contributed by atoms with Crippen LogP contribution in [0.4, 0.5) is 20.2 Å². The molecule has 2 fully saturated rings. The molecule has 2 saturated heterocycles. The van der Waals surface area contributed by atoms with Crippen molar-refractivity contribution in [2.45, 2.75) is 41.3 Å². The summed E-state index contributed by atoms with van der Waals surface area (Å²) in [6.45, 7) is 4.51. The number of thioether (sulfide) groups is 2. The van der Waals surface area contributed by atoms with E-state index in [1.807, 2.05) is 9.44 Å². The van der Waals surface area contributed by atoms with Gasteiger partial charge in [-0.15, -0.1) is 23.5 Å². The minimum absolute atomic E-state index is 0.124. The maximum Gasteiger partial charge on any atom is 0.339 e. The largest absolute Gasteiger partial charge is 0.462 e. The molecule has 63 heavy (non-hydrogen) atoms. The van der Waals surface area contributed by atoms with Crippen molar-refractivity contribution in [2.75, 3.05) is 27.9 Å². The number of carbonyl (C=O) groups excluding carboxylic acids is 5. The lowest BCUT2D eigenvalue weighted by Gasteiger charge is -2.26. The van der Waals surface area contributed by atoms with Gasteiger partial charge in [-0.3, -0.25) is 29.0 Å². The number of nitrogens with zero attached hydrogens (tertiary/aromatic N) is 2. The van der Waals surface area contributed by atoms with Crippen LogP contribution < -0.4 is 19.2 Å². The second-order valence-electron chi connectivity index (χ2n) is 14.2. The van der Waals surface area contributed by atoms with E-state index >= 15 is 0 Å². The molecule has 0 bridgehead atoms. The third-order valence-corrected chi connectivity index (χ3v) is 15.1. The maximum absolute atomic E-state index is 13.9. The second kappa shape index (κ2) is 17.9. The lowest BCUT2D eigenvalue weighted by atomic mass is 10.1. The third-order valence-electron chi connectivity index (χ3n) is 9.99. The molecule has 14 nitrogen and oxygen atoms in total. The predicted molar refractivity (Wildman–Crippen MR) is 232 cm³/mol. The van der Waals surface area contributed by atoms with Crippen LogP contribution in [0.3, 0.4) is 0 Å². The molecule has 2 atom stereocenters. The molecule has 2 aliphatic heterocycles. The van der Waals surface area contributed by atoms with Gasteiger partial charge in [0.1, 0.15) is 27.3 Å². The number of esters is 1. The van der Waals surface area contributed by atoms with Crippen LogP contribution in [0.25, 0.3) is 0 Å². The number of sulfonamides is 2.